The zero-order valence-corrected chi connectivity index (χ0v) is 13.4. The average Bonchev–Trinajstić information content (AvgIpc) is 3.05. The van der Waals surface area contributed by atoms with Gasteiger partial charge in [0, 0.05) is 6.08 Å². The van der Waals surface area contributed by atoms with Crippen molar-refractivity contribution in [2.75, 3.05) is 20.0 Å². The van der Waals surface area contributed by atoms with Gasteiger partial charge in [0.2, 0.25) is 6.79 Å². The summed E-state index contributed by atoms with van der Waals surface area (Å²) in [5, 5.41) is 0. The molecule has 0 aliphatic carbocycles. The van der Waals surface area contributed by atoms with E-state index < -0.39 is 5.97 Å². The van der Waals surface area contributed by atoms with Crippen molar-refractivity contribution in [1.82, 2.24) is 0 Å². The Labute approximate surface area is 140 Å². The maximum atomic E-state index is 11.7. The second kappa shape index (κ2) is 7.55. The van der Waals surface area contributed by atoms with Gasteiger partial charge in [-0.15, -0.1) is 0 Å². The van der Waals surface area contributed by atoms with Gasteiger partial charge in [-0.2, -0.15) is 0 Å². The van der Waals surface area contributed by atoms with Gasteiger partial charge < -0.3 is 18.9 Å². The molecule has 24 heavy (non-hydrogen) atoms. The van der Waals surface area contributed by atoms with E-state index in [9.17, 15) is 4.79 Å². The SMILES string of the molecule is Cc1cccc(OCCOC(=O)/C=C/c2ccc3c(c2)OCO3)c1. The number of esters is 1. The van der Waals surface area contributed by atoms with Crippen LogP contribution in [0.5, 0.6) is 17.2 Å². The molecule has 3 rings (SSSR count). The van der Waals surface area contributed by atoms with Crippen LogP contribution in [0.3, 0.4) is 0 Å². The Kier molecular flexibility index (Phi) is 5.01. The summed E-state index contributed by atoms with van der Waals surface area (Å²) in [5.41, 5.74) is 1.96. The number of aryl methyl sites for hydroxylation is 1. The highest BCUT2D eigenvalue weighted by Gasteiger charge is 2.12. The van der Waals surface area contributed by atoms with Gasteiger partial charge in [0.15, 0.2) is 11.5 Å². The van der Waals surface area contributed by atoms with E-state index in [1.54, 1.807) is 6.08 Å². The molecule has 1 aliphatic heterocycles. The Hall–Kier alpha value is -2.95. The third kappa shape index (κ3) is 4.29. The van der Waals surface area contributed by atoms with Crippen molar-refractivity contribution in [2.24, 2.45) is 0 Å². The monoisotopic (exact) mass is 326 g/mol. The molecule has 0 N–H and O–H groups in total. The van der Waals surface area contributed by atoms with E-state index in [2.05, 4.69) is 0 Å². The molecule has 124 valence electrons. The van der Waals surface area contributed by atoms with E-state index in [1.807, 2.05) is 49.4 Å². The molecule has 0 amide bonds. The summed E-state index contributed by atoms with van der Waals surface area (Å²) < 4.78 is 21.1. The Bertz CT molecular complexity index is 751. The summed E-state index contributed by atoms with van der Waals surface area (Å²) in [6.45, 7) is 2.73. The first kappa shape index (κ1) is 15.9. The van der Waals surface area contributed by atoms with Gasteiger partial charge in [0.1, 0.15) is 19.0 Å². The first-order valence-corrected chi connectivity index (χ1v) is 7.65. The molecular weight excluding hydrogens is 308 g/mol. The summed E-state index contributed by atoms with van der Waals surface area (Å²) in [4.78, 5) is 11.7. The van der Waals surface area contributed by atoms with Crippen LogP contribution in [0.2, 0.25) is 0 Å². The predicted octanol–water partition coefficient (Wildman–Crippen LogP) is 3.36. The molecule has 0 unspecified atom stereocenters. The van der Waals surface area contributed by atoms with Crippen molar-refractivity contribution in [1.29, 1.82) is 0 Å². The molecule has 0 radical (unpaired) electrons. The fraction of sp³-hybridized carbons (Fsp3) is 0.211. The van der Waals surface area contributed by atoms with Gasteiger partial charge >= 0.3 is 5.97 Å². The topological polar surface area (TPSA) is 54.0 Å². The highest BCUT2D eigenvalue weighted by atomic mass is 16.7. The van der Waals surface area contributed by atoms with Gasteiger partial charge in [-0.3, -0.25) is 0 Å². The summed E-state index contributed by atoms with van der Waals surface area (Å²) in [5.74, 6) is 1.74. The van der Waals surface area contributed by atoms with Crippen LogP contribution >= 0.6 is 0 Å². The lowest BCUT2D eigenvalue weighted by Crippen LogP contribution is -2.10. The average molecular weight is 326 g/mol. The predicted molar refractivity (Wildman–Crippen MR) is 89.2 cm³/mol. The molecule has 2 aromatic rings. The number of hydrogen-bond acceptors (Lipinski definition) is 5. The first-order valence-electron chi connectivity index (χ1n) is 7.65. The molecule has 0 saturated heterocycles. The quantitative estimate of drug-likeness (QED) is 0.463. The summed E-state index contributed by atoms with van der Waals surface area (Å²) in [7, 11) is 0. The second-order valence-electron chi connectivity index (χ2n) is 5.28. The smallest absolute Gasteiger partial charge is 0.330 e. The molecule has 0 fully saturated rings. The molecule has 2 aromatic carbocycles. The van der Waals surface area contributed by atoms with E-state index in [-0.39, 0.29) is 13.4 Å². The number of fused-ring (bicyclic) bond motifs is 1. The number of hydrogen-bond donors (Lipinski definition) is 0. The Morgan fingerprint density at radius 1 is 1.12 bits per heavy atom. The maximum Gasteiger partial charge on any atom is 0.330 e. The Balaban J connectivity index is 1.42. The minimum atomic E-state index is -0.416. The van der Waals surface area contributed by atoms with Crippen LogP contribution < -0.4 is 14.2 Å². The van der Waals surface area contributed by atoms with E-state index in [0.717, 1.165) is 16.9 Å². The van der Waals surface area contributed by atoms with Crippen LogP contribution in [0.25, 0.3) is 6.08 Å². The van der Waals surface area contributed by atoms with Crippen molar-refractivity contribution in [3.8, 4) is 17.2 Å². The molecular formula is C19H18O5. The van der Waals surface area contributed by atoms with Gasteiger partial charge in [-0.1, -0.05) is 18.2 Å². The largest absolute Gasteiger partial charge is 0.490 e. The van der Waals surface area contributed by atoms with Gasteiger partial charge in [0.05, 0.1) is 0 Å². The zero-order chi connectivity index (χ0) is 16.8. The third-order valence-electron chi connectivity index (χ3n) is 3.39. The van der Waals surface area contributed by atoms with Crippen LogP contribution in [-0.4, -0.2) is 26.0 Å². The highest BCUT2D eigenvalue weighted by molar-refractivity contribution is 5.87. The minimum Gasteiger partial charge on any atom is -0.490 e. The lowest BCUT2D eigenvalue weighted by Gasteiger charge is -2.06. The number of carbonyl (C=O) groups is 1. The molecule has 0 bridgehead atoms. The van der Waals surface area contributed by atoms with Crippen molar-refractivity contribution >= 4 is 12.0 Å². The Morgan fingerprint density at radius 3 is 2.88 bits per heavy atom. The Morgan fingerprint density at radius 2 is 2.00 bits per heavy atom. The number of carbonyl (C=O) groups excluding carboxylic acids is 1. The van der Waals surface area contributed by atoms with Gasteiger partial charge in [-0.05, 0) is 48.4 Å². The summed E-state index contributed by atoms with van der Waals surface area (Å²) in [6, 6.07) is 13.2. The van der Waals surface area contributed by atoms with Gasteiger partial charge in [0.25, 0.3) is 0 Å². The fourth-order valence-corrected chi connectivity index (χ4v) is 2.24. The van der Waals surface area contributed by atoms with Crippen molar-refractivity contribution in [3.63, 3.8) is 0 Å². The molecule has 0 saturated carbocycles. The molecule has 5 nitrogen and oxygen atoms in total. The lowest BCUT2D eigenvalue weighted by molar-refractivity contribution is -0.138. The van der Waals surface area contributed by atoms with Crippen LogP contribution in [-0.2, 0) is 9.53 Å². The van der Waals surface area contributed by atoms with Crippen LogP contribution in [0.1, 0.15) is 11.1 Å². The molecule has 5 heteroatoms. The third-order valence-corrected chi connectivity index (χ3v) is 3.39. The summed E-state index contributed by atoms with van der Waals surface area (Å²) in [6.07, 6.45) is 3.05. The minimum absolute atomic E-state index is 0.193. The zero-order valence-electron chi connectivity index (χ0n) is 13.4. The number of benzene rings is 2. The molecule has 0 atom stereocenters. The molecule has 0 spiro atoms. The van der Waals surface area contributed by atoms with Crippen LogP contribution in [0.4, 0.5) is 0 Å². The van der Waals surface area contributed by atoms with Crippen LogP contribution in [0, 0.1) is 6.92 Å². The standard InChI is InChI=1S/C19H18O5/c1-14-3-2-4-16(11-14)21-9-10-22-19(20)8-6-15-5-7-17-18(12-15)24-13-23-17/h2-8,11-12H,9-10,13H2,1H3/b8-6+. The number of ether oxygens (including phenoxy) is 4. The molecule has 0 aromatic heterocycles. The lowest BCUT2D eigenvalue weighted by atomic mass is 10.2. The maximum absolute atomic E-state index is 11.7. The van der Waals surface area contributed by atoms with Gasteiger partial charge in [-0.25, -0.2) is 4.79 Å². The van der Waals surface area contributed by atoms with Crippen LogP contribution in [0.15, 0.2) is 48.5 Å². The first-order chi connectivity index (χ1) is 11.7. The second-order valence-corrected chi connectivity index (χ2v) is 5.28. The van der Waals surface area contributed by atoms with E-state index in [0.29, 0.717) is 18.1 Å². The molecule has 1 aliphatic rings. The summed E-state index contributed by atoms with van der Waals surface area (Å²) >= 11 is 0. The van der Waals surface area contributed by atoms with Crippen molar-refractivity contribution in [3.05, 3.63) is 59.7 Å². The van der Waals surface area contributed by atoms with E-state index in [1.165, 1.54) is 6.08 Å². The number of rotatable bonds is 6. The molecule has 1 heterocycles. The van der Waals surface area contributed by atoms with E-state index in [4.69, 9.17) is 18.9 Å². The van der Waals surface area contributed by atoms with E-state index >= 15 is 0 Å². The van der Waals surface area contributed by atoms with Crippen molar-refractivity contribution in [2.45, 2.75) is 6.92 Å². The normalized spacial score (nSPS) is 12.4. The fourth-order valence-electron chi connectivity index (χ4n) is 2.24. The highest BCUT2D eigenvalue weighted by Crippen LogP contribution is 2.32. The van der Waals surface area contributed by atoms with Crippen molar-refractivity contribution < 1.29 is 23.7 Å².